The molecule has 22 rings (SSSR count). The van der Waals surface area contributed by atoms with Crippen molar-refractivity contribution in [2.75, 3.05) is 0 Å². The fourth-order valence-electron chi connectivity index (χ4n) is 15.5. The van der Waals surface area contributed by atoms with Gasteiger partial charge in [-0.1, -0.05) is 303 Å². The van der Waals surface area contributed by atoms with Crippen molar-refractivity contribution in [2.45, 2.75) is 0 Å². The molecule has 0 spiro atoms. The van der Waals surface area contributed by atoms with Crippen LogP contribution in [0, 0.1) is 0 Å². The second kappa shape index (κ2) is 30.3. The van der Waals surface area contributed by atoms with E-state index in [1.807, 2.05) is 103 Å². The Balaban J connectivity index is 0.000000102. The molecule has 5 aromatic heterocycles. The molecule has 17 aromatic carbocycles. The molecule has 0 aliphatic rings. The Bertz CT molecular complexity index is 7430. The Morgan fingerprint density at radius 2 is 0.469 bits per heavy atom. The largest absolute Gasteiger partial charge is 0.309 e. The summed E-state index contributed by atoms with van der Waals surface area (Å²) < 4.78 is 2.31. The SMILES string of the molecule is Clc1nc(-c2ccc(-c3ccccc3)cc2)c2ccc3ccccc3c2n1.Clc1nc(-c2ccc3c(c2)c2ccccc2n3-c2ccccc2)c2ccc3ccccc3c2n1.Clc1nc(-c2ccc3ccccc3c2)c2ccc3ccccc3c2n1.Clc1nc(-c2cccc(-c3ccccc3)c2)c2ccc3ccccc3c2n1. The highest BCUT2D eigenvalue weighted by Crippen LogP contribution is 2.41. The van der Waals surface area contributed by atoms with Gasteiger partial charge in [-0.25, -0.2) is 39.9 Å². The van der Waals surface area contributed by atoms with Crippen molar-refractivity contribution >= 4 is 166 Å². The normalized spacial score (nSPS) is 11.4. The fourth-order valence-corrected chi connectivity index (χ4v) is 16.1. The number of hydrogen-bond acceptors (Lipinski definition) is 8. The van der Waals surface area contributed by atoms with Gasteiger partial charge in [-0.15, -0.1) is 0 Å². The molecule has 0 N–H and O–H groups in total. The molecule has 22 aromatic rings. The van der Waals surface area contributed by atoms with E-state index in [0.29, 0.717) is 0 Å². The zero-order chi connectivity index (χ0) is 75.9. The number of benzene rings is 17. The van der Waals surface area contributed by atoms with Crippen LogP contribution in [0.1, 0.15) is 0 Å². The fraction of sp³-hybridized carbons (Fsp3) is 0. The van der Waals surface area contributed by atoms with E-state index in [2.05, 4.69) is 311 Å². The summed E-state index contributed by atoms with van der Waals surface area (Å²) in [6.07, 6.45) is 0. The highest BCUT2D eigenvalue weighted by atomic mass is 35.5. The molecular weight excluding hydrogens is 1470 g/mol. The molecule has 0 amide bonds. The first kappa shape index (κ1) is 69.8. The second-order valence-electron chi connectivity index (χ2n) is 27.5. The first-order valence-corrected chi connectivity index (χ1v) is 38.5. The maximum atomic E-state index is 6.45. The second-order valence-corrected chi connectivity index (χ2v) is 28.8. The summed E-state index contributed by atoms with van der Waals surface area (Å²) >= 11 is 25.3. The summed E-state index contributed by atoms with van der Waals surface area (Å²) in [7, 11) is 0. The average Bonchev–Trinajstić information content (AvgIpc) is 1.65. The molecule has 0 bridgehead atoms. The van der Waals surface area contributed by atoms with Crippen molar-refractivity contribution in [3.05, 3.63) is 391 Å². The van der Waals surface area contributed by atoms with Gasteiger partial charge in [0, 0.05) is 81.8 Å². The molecule has 0 atom stereocenters. The van der Waals surface area contributed by atoms with Crippen LogP contribution in [-0.4, -0.2) is 44.4 Å². The molecule has 9 nitrogen and oxygen atoms in total. The summed E-state index contributed by atoms with van der Waals surface area (Å²) in [6.45, 7) is 0. The van der Waals surface area contributed by atoms with E-state index in [1.54, 1.807) is 0 Å². The number of rotatable bonds is 7. The van der Waals surface area contributed by atoms with E-state index in [-0.39, 0.29) is 21.1 Å². The van der Waals surface area contributed by atoms with Gasteiger partial charge in [0.15, 0.2) is 0 Å². The Kier molecular flexibility index (Phi) is 18.7. The van der Waals surface area contributed by atoms with Crippen LogP contribution in [0.4, 0.5) is 0 Å². The molecule has 0 fully saturated rings. The predicted octanol–water partition coefficient (Wildman–Crippen LogP) is 28.0. The zero-order valence-electron chi connectivity index (χ0n) is 60.3. The van der Waals surface area contributed by atoms with Gasteiger partial charge in [0.1, 0.15) is 0 Å². The number of aromatic nitrogens is 9. The molecule has 534 valence electrons. The molecule has 113 heavy (non-hydrogen) atoms. The Labute approximate surface area is 669 Å². The van der Waals surface area contributed by atoms with Gasteiger partial charge >= 0.3 is 0 Å². The molecule has 0 unspecified atom stereocenters. The Morgan fingerprint density at radius 3 is 0.938 bits per heavy atom. The minimum absolute atomic E-state index is 0.255. The lowest BCUT2D eigenvalue weighted by Crippen LogP contribution is -1.94. The van der Waals surface area contributed by atoms with Crippen LogP contribution in [0.2, 0.25) is 21.1 Å². The third-order valence-corrected chi connectivity index (χ3v) is 21.4. The summed E-state index contributed by atoms with van der Waals surface area (Å²) in [4.78, 5) is 36.5. The van der Waals surface area contributed by atoms with Gasteiger partial charge in [-0.05, 0) is 168 Å². The number of fused-ring (bicyclic) bond motifs is 16. The third kappa shape index (κ3) is 13.7. The first-order valence-electron chi connectivity index (χ1n) is 37.0. The van der Waals surface area contributed by atoms with Gasteiger partial charge in [0.05, 0.1) is 55.9 Å². The van der Waals surface area contributed by atoms with E-state index in [4.69, 9.17) is 46.4 Å². The van der Waals surface area contributed by atoms with Crippen LogP contribution in [-0.2, 0) is 0 Å². The van der Waals surface area contributed by atoms with E-state index in [1.165, 1.54) is 43.8 Å². The molecule has 0 radical (unpaired) electrons. The molecule has 0 saturated carbocycles. The quantitative estimate of drug-likeness (QED) is 0.115. The van der Waals surface area contributed by atoms with Gasteiger partial charge in [0.2, 0.25) is 21.1 Å². The molecule has 0 aliphatic carbocycles. The minimum Gasteiger partial charge on any atom is -0.309 e. The van der Waals surface area contributed by atoms with Crippen LogP contribution < -0.4 is 0 Å². The third-order valence-electron chi connectivity index (χ3n) is 20.7. The summed E-state index contributed by atoms with van der Waals surface area (Å²) in [5.41, 5.74) is 19.3. The lowest BCUT2D eigenvalue weighted by Gasteiger charge is -2.10. The summed E-state index contributed by atoms with van der Waals surface area (Å²) in [5.74, 6) is 0. The minimum atomic E-state index is 0.255. The highest BCUT2D eigenvalue weighted by Gasteiger charge is 2.20. The van der Waals surface area contributed by atoms with Crippen molar-refractivity contribution in [3.8, 4) is 73.0 Å². The Morgan fingerprint density at radius 1 is 0.168 bits per heavy atom. The number of para-hydroxylation sites is 2. The van der Waals surface area contributed by atoms with Crippen molar-refractivity contribution in [1.82, 2.24) is 44.4 Å². The van der Waals surface area contributed by atoms with Crippen LogP contribution in [0.3, 0.4) is 0 Å². The monoisotopic (exact) mass is 1530 g/mol. The van der Waals surface area contributed by atoms with Crippen LogP contribution >= 0.6 is 46.4 Å². The molecule has 0 saturated heterocycles. The van der Waals surface area contributed by atoms with Crippen molar-refractivity contribution in [1.29, 1.82) is 0 Å². The van der Waals surface area contributed by atoms with E-state index in [9.17, 15) is 0 Å². The van der Waals surface area contributed by atoms with Crippen molar-refractivity contribution < 1.29 is 0 Å². The summed E-state index contributed by atoms with van der Waals surface area (Å²) in [5, 5.41) is 18.8. The number of hydrogen-bond donors (Lipinski definition) is 0. The van der Waals surface area contributed by atoms with Crippen LogP contribution in [0.15, 0.2) is 370 Å². The molecule has 5 heterocycles. The molecule has 13 heteroatoms. The maximum Gasteiger partial charge on any atom is 0.223 e. The van der Waals surface area contributed by atoms with Gasteiger partial charge in [0.25, 0.3) is 0 Å². The van der Waals surface area contributed by atoms with E-state index < -0.39 is 0 Å². The lowest BCUT2D eigenvalue weighted by atomic mass is 9.98. The molecule has 0 aliphatic heterocycles. The topological polar surface area (TPSA) is 108 Å². The first-order chi connectivity index (χ1) is 55.7. The number of nitrogens with zero attached hydrogens (tertiary/aromatic N) is 9. The van der Waals surface area contributed by atoms with Crippen LogP contribution in [0.5, 0.6) is 0 Å². The van der Waals surface area contributed by atoms with Gasteiger partial charge < -0.3 is 4.57 Å². The van der Waals surface area contributed by atoms with Crippen molar-refractivity contribution in [2.24, 2.45) is 0 Å². The average molecular weight is 1530 g/mol. The standard InChI is InChI=1S/C30H18ClN3.2C24H15ClN2.C22H13ClN2/c31-30-32-28(24-16-14-19-8-4-5-11-22(19)29(24)33-30)20-15-17-27-25(18-20)23-12-6-7-13-26(23)34(27)21-9-2-1-3-10-21;25-24-26-22(19-11-6-10-18(15-19)16-7-2-1-3-8-16)21-14-13-17-9-4-5-12-20(17)23(21)27-24;25-24-26-22(19-12-10-17(11-13-19)16-6-2-1-3-7-16)21-15-14-18-8-4-5-9-20(18)23(21)27-24;23-22-24-20(17-10-9-14-5-1-2-7-16(14)13-17)19-12-11-15-6-3-4-8-18(15)21(19)25-22/h1-18H;2*1-15H;1-13H. The zero-order valence-corrected chi connectivity index (χ0v) is 63.3. The number of halogens is 4. The van der Waals surface area contributed by atoms with Crippen molar-refractivity contribution in [3.63, 3.8) is 0 Å². The maximum absolute atomic E-state index is 6.45. The highest BCUT2D eigenvalue weighted by molar-refractivity contribution is 6.31. The van der Waals surface area contributed by atoms with E-state index >= 15 is 0 Å². The van der Waals surface area contributed by atoms with Gasteiger partial charge in [-0.3, -0.25) is 0 Å². The lowest BCUT2D eigenvalue weighted by molar-refractivity contribution is 1.18. The smallest absolute Gasteiger partial charge is 0.223 e. The van der Waals surface area contributed by atoms with E-state index in [0.717, 1.165) is 148 Å². The van der Waals surface area contributed by atoms with Gasteiger partial charge in [-0.2, -0.15) is 0 Å². The predicted molar refractivity (Wildman–Crippen MR) is 473 cm³/mol. The van der Waals surface area contributed by atoms with Crippen LogP contribution in [0.25, 0.3) is 192 Å². The Hall–Kier alpha value is -13.6. The molecular formula is C100H61Cl4N9. The summed E-state index contributed by atoms with van der Waals surface area (Å²) in [6, 6.07) is 127.